The fraction of sp³-hybridized carbons (Fsp3) is 0.0526. The van der Waals surface area contributed by atoms with Gasteiger partial charge in [-0.2, -0.15) is 4.79 Å². The normalized spacial score (nSPS) is 11.3. The van der Waals surface area contributed by atoms with Gasteiger partial charge in [0.15, 0.2) is 0 Å². The molecule has 3 aromatic carbocycles. The molecule has 128 valence electrons. The zero-order valence-corrected chi connectivity index (χ0v) is 14.0. The first kappa shape index (κ1) is 15.8. The van der Waals surface area contributed by atoms with Crippen LogP contribution in [0.3, 0.4) is 0 Å². The predicted molar refractivity (Wildman–Crippen MR) is 100 cm³/mol. The van der Waals surface area contributed by atoms with Gasteiger partial charge in [0.25, 0.3) is 0 Å². The maximum absolute atomic E-state index is 9.97. The fourth-order valence-electron chi connectivity index (χ4n) is 2.55. The van der Waals surface area contributed by atoms with Gasteiger partial charge in [0.05, 0.1) is 5.69 Å². The van der Waals surface area contributed by atoms with Crippen molar-refractivity contribution >= 4 is 28.1 Å². The highest BCUT2D eigenvalue weighted by Gasteiger charge is 2.07. The van der Waals surface area contributed by atoms with Crippen molar-refractivity contribution in [2.24, 2.45) is 10.2 Å². The third-order valence-corrected chi connectivity index (χ3v) is 3.88. The Kier molecular flexibility index (Phi) is 4.03. The second kappa shape index (κ2) is 6.64. The smallest absolute Gasteiger partial charge is 0.143 e. The monoisotopic (exact) mass is 344 g/mol. The summed E-state index contributed by atoms with van der Waals surface area (Å²) < 4.78 is 0. The first-order valence-corrected chi connectivity index (χ1v) is 8.08. The van der Waals surface area contributed by atoms with Crippen LogP contribution in [0.5, 0.6) is 5.75 Å². The van der Waals surface area contributed by atoms with Crippen LogP contribution in [0.25, 0.3) is 11.0 Å². The molecule has 1 heterocycles. The molecule has 1 aromatic heterocycles. The van der Waals surface area contributed by atoms with Crippen LogP contribution in [0.4, 0.5) is 17.1 Å². The number of nitrogens with one attached hydrogen (secondary N) is 1. The number of fused-ring (bicyclic) bond motifs is 1. The Morgan fingerprint density at radius 1 is 0.923 bits per heavy atom. The molecule has 0 aliphatic rings. The number of azo groups is 1. The van der Waals surface area contributed by atoms with E-state index in [1.807, 2.05) is 61.5 Å². The van der Waals surface area contributed by atoms with Gasteiger partial charge < -0.3 is 5.11 Å². The summed E-state index contributed by atoms with van der Waals surface area (Å²) in [5.41, 5.74) is 7.55. The highest BCUT2D eigenvalue weighted by molar-refractivity contribution is 5.75. The fourth-order valence-corrected chi connectivity index (χ4v) is 2.55. The van der Waals surface area contributed by atoms with E-state index in [-0.39, 0.29) is 5.75 Å². The quantitative estimate of drug-likeness (QED) is 0.524. The standard InChI is InChI=1S/C19H16N6O/c1-13-10-11-17(19(26)12-13)21-20-14-6-2-3-7-15(14)23-25-18-9-5-4-8-16(18)22-24-25/h2-12,23,26H,1H3. The molecule has 7 heteroatoms. The molecule has 0 unspecified atom stereocenters. The van der Waals surface area contributed by atoms with E-state index in [0.29, 0.717) is 11.4 Å². The van der Waals surface area contributed by atoms with Gasteiger partial charge in [0.1, 0.15) is 28.2 Å². The second-order valence-corrected chi connectivity index (χ2v) is 5.81. The molecule has 26 heavy (non-hydrogen) atoms. The number of phenols is 1. The molecule has 4 aromatic rings. The van der Waals surface area contributed by atoms with Crippen LogP contribution in [0.1, 0.15) is 5.56 Å². The molecule has 0 bridgehead atoms. The van der Waals surface area contributed by atoms with Crippen molar-refractivity contribution in [1.29, 1.82) is 0 Å². The molecule has 0 atom stereocenters. The van der Waals surface area contributed by atoms with Crippen LogP contribution < -0.4 is 5.43 Å². The predicted octanol–water partition coefficient (Wildman–Crippen LogP) is 4.74. The highest BCUT2D eigenvalue weighted by Crippen LogP contribution is 2.31. The van der Waals surface area contributed by atoms with Gasteiger partial charge in [-0.15, -0.1) is 15.3 Å². The van der Waals surface area contributed by atoms with Crippen LogP contribution in [0.15, 0.2) is 77.0 Å². The molecular weight excluding hydrogens is 328 g/mol. The van der Waals surface area contributed by atoms with Crippen LogP contribution in [0, 0.1) is 6.92 Å². The van der Waals surface area contributed by atoms with Gasteiger partial charge in [-0.25, -0.2) is 0 Å². The van der Waals surface area contributed by atoms with Crippen molar-refractivity contribution in [1.82, 2.24) is 15.1 Å². The summed E-state index contributed by atoms with van der Waals surface area (Å²) in [6.45, 7) is 1.91. The van der Waals surface area contributed by atoms with E-state index < -0.39 is 0 Å². The molecule has 7 nitrogen and oxygen atoms in total. The number of benzene rings is 3. The summed E-state index contributed by atoms with van der Waals surface area (Å²) in [6, 6.07) is 20.4. The van der Waals surface area contributed by atoms with Crippen LogP contribution >= 0.6 is 0 Å². The van der Waals surface area contributed by atoms with E-state index in [0.717, 1.165) is 22.3 Å². The number of aryl methyl sites for hydroxylation is 1. The third kappa shape index (κ3) is 3.10. The summed E-state index contributed by atoms with van der Waals surface area (Å²) in [5.74, 6) is 0.0986. The number of aromatic nitrogens is 3. The van der Waals surface area contributed by atoms with E-state index in [1.165, 1.54) is 0 Å². The number of para-hydroxylation sites is 2. The molecule has 0 aliphatic heterocycles. The Balaban J connectivity index is 1.65. The topological polar surface area (TPSA) is 87.7 Å². The van der Waals surface area contributed by atoms with Crippen molar-refractivity contribution in [2.75, 3.05) is 5.43 Å². The molecule has 0 saturated carbocycles. The lowest BCUT2D eigenvalue weighted by Crippen LogP contribution is -2.10. The van der Waals surface area contributed by atoms with E-state index in [4.69, 9.17) is 0 Å². The average molecular weight is 344 g/mol. The number of hydrogen-bond acceptors (Lipinski definition) is 6. The van der Waals surface area contributed by atoms with Crippen LogP contribution in [-0.2, 0) is 0 Å². The molecule has 0 radical (unpaired) electrons. The number of phenolic OH excluding ortho intramolecular Hbond substituents is 1. The first-order valence-electron chi connectivity index (χ1n) is 8.08. The van der Waals surface area contributed by atoms with Gasteiger partial charge in [-0.05, 0) is 54.1 Å². The summed E-state index contributed by atoms with van der Waals surface area (Å²) in [6.07, 6.45) is 0. The lowest BCUT2D eigenvalue weighted by atomic mass is 10.2. The van der Waals surface area contributed by atoms with Crippen molar-refractivity contribution in [2.45, 2.75) is 6.92 Å². The SMILES string of the molecule is Cc1ccc(N=Nc2ccccc2Nn2nnc3ccccc32)c(O)c1. The first-order chi connectivity index (χ1) is 12.7. The maximum Gasteiger partial charge on any atom is 0.143 e. The average Bonchev–Trinajstić information content (AvgIpc) is 3.05. The lowest BCUT2D eigenvalue weighted by molar-refractivity contribution is 0.476. The maximum atomic E-state index is 9.97. The molecular formula is C19H16N6O. The molecule has 0 fully saturated rings. The zero-order chi connectivity index (χ0) is 17.9. The van der Waals surface area contributed by atoms with Crippen LogP contribution in [-0.4, -0.2) is 20.2 Å². The minimum Gasteiger partial charge on any atom is -0.506 e. The van der Waals surface area contributed by atoms with Gasteiger partial charge in [0, 0.05) is 0 Å². The summed E-state index contributed by atoms with van der Waals surface area (Å²) >= 11 is 0. The Labute approximate surface area is 149 Å². The Morgan fingerprint density at radius 3 is 2.58 bits per heavy atom. The highest BCUT2D eigenvalue weighted by atomic mass is 16.3. The Morgan fingerprint density at radius 2 is 1.69 bits per heavy atom. The minimum atomic E-state index is 0.0986. The summed E-state index contributed by atoms with van der Waals surface area (Å²) in [4.78, 5) is 1.59. The van der Waals surface area contributed by atoms with Gasteiger partial charge in [0.2, 0.25) is 0 Å². The largest absolute Gasteiger partial charge is 0.506 e. The Hall–Kier alpha value is -3.74. The molecule has 0 spiro atoms. The number of anilines is 1. The molecule has 2 N–H and O–H groups in total. The number of hydrogen-bond donors (Lipinski definition) is 2. The summed E-state index contributed by atoms with van der Waals surface area (Å²) in [5, 5.41) is 26.6. The van der Waals surface area contributed by atoms with E-state index in [9.17, 15) is 5.11 Å². The molecule has 4 rings (SSSR count). The number of rotatable bonds is 4. The van der Waals surface area contributed by atoms with Gasteiger partial charge >= 0.3 is 0 Å². The molecule has 0 saturated heterocycles. The Bertz CT molecular complexity index is 1100. The molecule has 0 aliphatic carbocycles. The van der Waals surface area contributed by atoms with Crippen LogP contribution in [0.2, 0.25) is 0 Å². The van der Waals surface area contributed by atoms with E-state index in [1.54, 1.807) is 16.9 Å². The second-order valence-electron chi connectivity index (χ2n) is 5.81. The number of aromatic hydroxyl groups is 1. The van der Waals surface area contributed by atoms with Crippen molar-refractivity contribution < 1.29 is 5.11 Å². The van der Waals surface area contributed by atoms with Crippen molar-refractivity contribution in [3.8, 4) is 5.75 Å². The molecule has 0 amide bonds. The summed E-state index contributed by atoms with van der Waals surface area (Å²) in [7, 11) is 0. The lowest BCUT2D eigenvalue weighted by Gasteiger charge is -2.08. The van der Waals surface area contributed by atoms with E-state index in [2.05, 4.69) is 26.0 Å². The van der Waals surface area contributed by atoms with Crippen molar-refractivity contribution in [3.63, 3.8) is 0 Å². The zero-order valence-electron chi connectivity index (χ0n) is 14.0. The minimum absolute atomic E-state index is 0.0986. The van der Waals surface area contributed by atoms with E-state index >= 15 is 0 Å². The third-order valence-electron chi connectivity index (χ3n) is 3.88. The number of nitrogens with zero attached hydrogens (tertiary/aromatic N) is 5. The van der Waals surface area contributed by atoms with Crippen molar-refractivity contribution in [3.05, 3.63) is 72.3 Å². The van der Waals surface area contributed by atoms with Gasteiger partial charge in [-0.1, -0.05) is 30.3 Å². The van der Waals surface area contributed by atoms with Gasteiger partial charge in [-0.3, -0.25) is 5.43 Å².